The first-order valence-electron chi connectivity index (χ1n) is 6.14. The number of rotatable bonds is 5. The van der Waals surface area contributed by atoms with E-state index in [0.717, 1.165) is 11.3 Å². The van der Waals surface area contributed by atoms with Gasteiger partial charge in [0.2, 0.25) is 0 Å². The van der Waals surface area contributed by atoms with E-state index in [0.29, 0.717) is 19.6 Å². The Balaban J connectivity index is 1.78. The minimum absolute atomic E-state index is 0.0920. The van der Waals surface area contributed by atoms with Gasteiger partial charge in [-0.05, 0) is 17.7 Å². The van der Waals surface area contributed by atoms with Gasteiger partial charge in [0.05, 0.1) is 19.3 Å². The van der Waals surface area contributed by atoms with Gasteiger partial charge in [0.25, 0.3) is 0 Å². The van der Waals surface area contributed by atoms with Gasteiger partial charge >= 0.3 is 0 Å². The lowest BCUT2D eigenvalue weighted by Crippen LogP contribution is -2.41. The minimum atomic E-state index is -0.692. The molecule has 18 heavy (non-hydrogen) atoms. The maximum Gasteiger partial charge on any atom is 0.119 e. The third-order valence-electron chi connectivity index (χ3n) is 3.22. The first-order valence-corrected chi connectivity index (χ1v) is 6.14. The molecule has 0 unspecified atom stereocenters. The van der Waals surface area contributed by atoms with Crippen LogP contribution in [0.25, 0.3) is 0 Å². The number of hydrogen-bond acceptors (Lipinski definition) is 5. The molecule has 1 fully saturated rings. The summed E-state index contributed by atoms with van der Waals surface area (Å²) in [6.07, 6.45) is -1.35. The van der Waals surface area contributed by atoms with E-state index in [9.17, 15) is 10.2 Å². The molecule has 0 amide bonds. The fraction of sp³-hybridized carbons (Fsp3) is 0.538. The van der Waals surface area contributed by atoms with Crippen LogP contribution in [0.4, 0.5) is 0 Å². The van der Waals surface area contributed by atoms with Crippen molar-refractivity contribution in [2.45, 2.75) is 24.8 Å². The Hall–Kier alpha value is -1.14. The van der Waals surface area contributed by atoms with Crippen LogP contribution in [0.5, 0.6) is 5.75 Å². The van der Waals surface area contributed by atoms with Crippen LogP contribution in [0.2, 0.25) is 0 Å². The first-order chi connectivity index (χ1) is 8.70. The summed E-state index contributed by atoms with van der Waals surface area (Å²) in [6.45, 7) is 1.78. The Labute approximate surface area is 107 Å². The number of aliphatic hydroxyl groups excluding tert-OH is 2. The monoisotopic (exact) mass is 252 g/mol. The smallest absolute Gasteiger partial charge is 0.119 e. The zero-order valence-corrected chi connectivity index (χ0v) is 10.5. The highest BCUT2D eigenvalue weighted by atomic mass is 16.5. The van der Waals surface area contributed by atoms with Crippen molar-refractivity contribution in [2.24, 2.45) is 0 Å². The highest BCUT2D eigenvalue weighted by Gasteiger charge is 2.32. The average molecular weight is 252 g/mol. The summed E-state index contributed by atoms with van der Waals surface area (Å²) in [4.78, 5) is 0. The van der Waals surface area contributed by atoms with E-state index in [1.54, 1.807) is 7.11 Å². The van der Waals surface area contributed by atoms with E-state index in [4.69, 9.17) is 4.74 Å². The zero-order valence-electron chi connectivity index (χ0n) is 10.5. The second-order valence-corrected chi connectivity index (χ2v) is 4.56. The van der Waals surface area contributed by atoms with Gasteiger partial charge < -0.3 is 25.6 Å². The number of ether oxygens (including phenoxy) is 1. The molecule has 0 aliphatic carbocycles. The van der Waals surface area contributed by atoms with Crippen LogP contribution in [-0.4, -0.2) is 48.7 Å². The summed E-state index contributed by atoms with van der Waals surface area (Å²) in [6, 6.07) is 7.75. The number of β-amino-alcohol motifs (C(OH)–C–C–N with tert-alkyl or cyclic N) is 1. The fourth-order valence-corrected chi connectivity index (χ4v) is 2.13. The maximum atomic E-state index is 9.66. The van der Waals surface area contributed by atoms with Crippen molar-refractivity contribution in [1.82, 2.24) is 10.6 Å². The number of methoxy groups -OCH3 is 1. The molecule has 5 heteroatoms. The Morgan fingerprint density at radius 3 is 2.94 bits per heavy atom. The Bertz CT molecular complexity index is 386. The Morgan fingerprint density at radius 1 is 1.44 bits per heavy atom. The number of benzene rings is 1. The predicted octanol–water partition coefficient (Wildman–Crippen LogP) is -0.522. The molecule has 4 N–H and O–H groups in total. The highest BCUT2D eigenvalue weighted by Crippen LogP contribution is 2.12. The molecule has 0 bridgehead atoms. The summed E-state index contributed by atoms with van der Waals surface area (Å²) in [5.41, 5.74) is 1.13. The molecule has 5 nitrogen and oxygen atoms in total. The molecule has 1 saturated heterocycles. The van der Waals surface area contributed by atoms with Gasteiger partial charge in [-0.3, -0.25) is 0 Å². The van der Waals surface area contributed by atoms with Gasteiger partial charge in [0.15, 0.2) is 0 Å². The van der Waals surface area contributed by atoms with Crippen molar-refractivity contribution in [1.29, 1.82) is 0 Å². The third-order valence-corrected chi connectivity index (χ3v) is 3.22. The standard InChI is InChI=1S/C13H20N2O3/c1-18-10-4-2-3-9(5-10)6-14-7-11-13(17)12(16)8-15-11/h2-5,11-17H,6-8H2,1H3/t11-,12+,13-/m1/s1. The minimum Gasteiger partial charge on any atom is -0.497 e. The van der Waals surface area contributed by atoms with Gasteiger partial charge in [0.1, 0.15) is 5.75 Å². The molecule has 3 atom stereocenters. The van der Waals surface area contributed by atoms with Gasteiger partial charge in [-0.25, -0.2) is 0 Å². The molecule has 0 aromatic heterocycles. The summed E-state index contributed by atoms with van der Waals surface area (Å²) >= 11 is 0. The van der Waals surface area contributed by atoms with E-state index < -0.39 is 12.2 Å². The van der Waals surface area contributed by atoms with Crippen molar-refractivity contribution in [3.05, 3.63) is 29.8 Å². The molecular formula is C13H20N2O3. The van der Waals surface area contributed by atoms with Gasteiger partial charge in [-0.2, -0.15) is 0 Å². The van der Waals surface area contributed by atoms with Crippen molar-refractivity contribution < 1.29 is 14.9 Å². The third kappa shape index (κ3) is 3.20. The van der Waals surface area contributed by atoms with E-state index in [2.05, 4.69) is 10.6 Å². The van der Waals surface area contributed by atoms with E-state index in [1.165, 1.54) is 0 Å². The van der Waals surface area contributed by atoms with Crippen molar-refractivity contribution in [3.63, 3.8) is 0 Å². The average Bonchev–Trinajstić information content (AvgIpc) is 2.71. The number of hydrogen-bond donors (Lipinski definition) is 4. The lowest BCUT2D eigenvalue weighted by Gasteiger charge is -2.16. The number of aliphatic hydroxyl groups is 2. The van der Waals surface area contributed by atoms with Crippen LogP contribution in [-0.2, 0) is 6.54 Å². The summed E-state index contributed by atoms with van der Waals surface area (Å²) in [5.74, 6) is 0.837. The topological polar surface area (TPSA) is 73.8 Å². The quantitative estimate of drug-likeness (QED) is 0.567. The molecule has 1 aromatic carbocycles. The molecule has 1 heterocycles. The maximum absolute atomic E-state index is 9.66. The fourth-order valence-electron chi connectivity index (χ4n) is 2.13. The summed E-state index contributed by atoms with van der Waals surface area (Å²) in [5, 5.41) is 25.4. The second kappa shape index (κ2) is 6.15. The molecule has 100 valence electrons. The van der Waals surface area contributed by atoms with Gasteiger partial charge in [0, 0.05) is 25.7 Å². The molecular weight excluding hydrogens is 232 g/mol. The zero-order chi connectivity index (χ0) is 13.0. The van der Waals surface area contributed by atoms with Crippen molar-refractivity contribution in [2.75, 3.05) is 20.2 Å². The molecule has 1 aliphatic heterocycles. The largest absolute Gasteiger partial charge is 0.497 e. The first kappa shape index (κ1) is 13.3. The molecule has 0 radical (unpaired) electrons. The predicted molar refractivity (Wildman–Crippen MR) is 68.5 cm³/mol. The van der Waals surface area contributed by atoms with Crippen LogP contribution >= 0.6 is 0 Å². The number of nitrogens with one attached hydrogen (secondary N) is 2. The van der Waals surface area contributed by atoms with Crippen molar-refractivity contribution in [3.8, 4) is 5.75 Å². The molecule has 0 spiro atoms. The highest BCUT2D eigenvalue weighted by molar-refractivity contribution is 5.28. The van der Waals surface area contributed by atoms with Gasteiger partial charge in [-0.1, -0.05) is 12.1 Å². The van der Waals surface area contributed by atoms with Crippen LogP contribution in [0.3, 0.4) is 0 Å². The Kier molecular flexibility index (Phi) is 4.54. The molecule has 1 aliphatic rings. The lowest BCUT2D eigenvalue weighted by molar-refractivity contribution is 0.0407. The van der Waals surface area contributed by atoms with Crippen LogP contribution in [0.1, 0.15) is 5.56 Å². The Morgan fingerprint density at radius 2 is 2.28 bits per heavy atom. The molecule has 0 saturated carbocycles. The van der Waals surface area contributed by atoms with E-state index in [1.807, 2.05) is 24.3 Å². The van der Waals surface area contributed by atoms with Crippen LogP contribution < -0.4 is 15.4 Å². The summed E-state index contributed by atoms with van der Waals surface area (Å²) < 4.78 is 5.15. The van der Waals surface area contributed by atoms with Crippen LogP contribution in [0, 0.1) is 0 Å². The second-order valence-electron chi connectivity index (χ2n) is 4.56. The molecule has 1 aromatic rings. The normalized spacial score (nSPS) is 27.4. The van der Waals surface area contributed by atoms with E-state index in [-0.39, 0.29) is 6.04 Å². The van der Waals surface area contributed by atoms with Crippen LogP contribution in [0.15, 0.2) is 24.3 Å². The molecule has 2 rings (SSSR count). The van der Waals surface area contributed by atoms with Gasteiger partial charge in [-0.15, -0.1) is 0 Å². The summed E-state index contributed by atoms with van der Waals surface area (Å²) in [7, 11) is 1.65. The SMILES string of the molecule is COc1cccc(CNC[C@H]2NC[C@H](O)[C@@H]2O)c1. The van der Waals surface area contributed by atoms with E-state index >= 15 is 0 Å². The lowest BCUT2D eigenvalue weighted by atomic mass is 10.1. The van der Waals surface area contributed by atoms with Crippen molar-refractivity contribution >= 4 is 0 Å².